The summed E-state index contributed by atoms with van der Waals surface area (Å²) in [6.45, 7) is 11.0. The lowest BCUT2D eigenvalue weighted by molar-refractivity contribution is 0.0950. The van der Waals surface area contributed by atoms with E-state index in [1.165, 1.54) is 0 Å². The van der Waals surface area contributed by atoms with E-state index >= 15 is 0 Å². The van der Waals surface area contributed by atoms with Crippen molar-refractivity contribution < 1.29 is 4.79 Å². The third kappa shape index (κ3) is 4.15. The van der Waals surface area contributed by atoms with Gasteiger partial charge in [0.15, 0.2) is 0 Å². The van der Waals surface area contributed by atoms with Crippen molar-refractivity contribution in [3.63, 3.8) is 0 Å². The fraction of sp³-hybridized carbons (Fsp3) is 0.429. The quantitative estimate of drug-likeness (QED) is 0.836. The first-order valence-electron chi connectivity index (χ1n) is 9.10. The van der Waals surface area contributed by atoms with Crippen LogP contribution >= 0.6 is 0 Å². The van der Waals surface area contributed by atoms with Gasteiger partial charge in [-0.15, -0.1) is 0 Å². The molecule has 0 saturated carbocycles. The molecule has 1 aromatic carbocycles. The van der Waals surface area contributed by atoms with Crippen LogP contribution in [0.25, 0.3) is 0 Å². The minimum Gasteiger partial charge on any atom is -0.375 e. The number of pyridine rings is 1. The third-order valence-corrected chi connectivity index (χ3v) is 4.90. The molecule has 26 heavy (non-hydrogen) atoms. The van der Waals surface area contributed by atoms with Crippen molar-refractivity contribution in [2.24, 2.45) is 0 Å². The van der Waals surface area contributed by atoms with Crippen LogP contribution in [0, 0.1) is 20.8 Å². The maximum absolute atomic E-state index is 12.8. The van der Waals surface area contributed by atoms with Crippen LogP contribution in [0.15, 0.2) is 23.0 Å². The minimum absolute atomic E-state index is 0.145. The molecule has 2 N–H and O–H groups in total. The highest BCUT2D eigenvalue weighted by molar-refractivity contribution is 5.97. The Morgan fingerprint density at radius 3 is 2.42 bits per heavy atom. The van der Waals surface area contributed by atoms with Gasteiger partial charge in [0, 0.05) is 42.6 Å². The molecule has 140 valence electrons. The summed E-state index contributed by atoms with van der Waals surface area (Å²) in [6, 6.07) is 6.01. The van der Waals surface area contributed by atoms with E-state index in [4.69, 9.17) is 0 Å². The number of nitrogens with zero attached hydrogens (tertiary/aromatic N) is 1. The Kier molecular flexibility index (Phi) is 6.24. The lowest BCUT2D eigenvalue weighted by Gasteiger charge is -2.22. The standard InChI is InChI=1S/C21H29N3O2/c1-7-16-10-17(15(5)19(11-16)24(6)8-2)20(25)22-12-18-13(3)9-14(4)23-21(18)26/h9-11H,7-8,12H2,1-6H3,(H,22,25)(H,23,26). The monoisotopic (exact) mass is 355 g/mol. The molecule has 1 heterocycles. The number of carbonyl (C=O) groups excluding carboxylic acids is 1. The summed E-state index contributed by atoms with van der Waals surface area (Å²) >= 11 is 0. The van der Waals surface area contributed by atoms with E-state index < -0.39 is 0 Å². The van der Waals surface area contributed by atoms with Crippen molar-refractivity contribution in [3.8, 4) is 0 Å². The van der Waals surface area contributed by atoms with Gasteiger partial charge in [0.1, 0.15) is 0 Å². The molecule has 0 aliphatic rings. The second-order valence-electron chi connectivity index (χ2n) is 6.78. The Balaban J connectivity index is 2.31. The number of H-pyrrole nitrogens is 1. The summed E-state index contributed by atoms with van der Waals surface area (Å²) in [4.78, 5) is 29.9. The number of anilines is 1. The van der Waals surface area contributed by atoms with Crippen LogP contribution in [0.5, 0.6) is 0 Å². The molecule has 0 atom stereocenters. The smallest absolute Gasteiger partial charge is 0.253 e. The van der Waals surface area contributed by atoms with Gasteiger partial charge in [0.25, 0.3) is 11.5 Å². The number of carbonyl (C=O) groups is 1. The summed E-state index contributed by atoms with van der Waals surface area (Å²) in [7, 11) is 2.03. The Hall–Kier alpha value is -2.56. The van der Waals surface area contributed by atoms with Gasteiger partial charge in [-0.3, -0.25) is 9.59 Å². The first kappa shape index (κ1) is 19.8. The van der Waals surface area contributed by atoms with Crippen molar-refractivity contribution in [1.82, 2.24) is 10.3 Å². The van der Waals surface area contributed by atoms with E-state index in [2.05, 4.69) is 35.1 Å². The molecule has 0 aliphatic heterocycles. The van der Waals surface area contributed by atoms with E-state index in [-0.39, 0.29) is 18.0 Å². The van der Waals surface area contributed by atoms with Crippen molar-refractivity contribution in [2.45, 2.75) is 47.6 Å². The number of hydrogen-bond acceptors (Lipinski definition) is 3. The molecule has 0 aliphatic carbocycles. The van der Waals surface area contributed by atoms with Gasteiger partial charge < -0.3 is 15.2 Å². The van der Waals surface area contributed by atoms with Crippen LogP contribution in [-0.2, 0) is 13.0 Å². The van der Waals surface area contributed by atoms with E-state index in [0.29, 0.717) is 11.1 Å². The second-order valence-corrected chi connectivity index (χ2v) is 6.78. The molecule has 1 aromatic heterocycles. The largest absolute Gasteiger partial charge is 0.375 e. The van der Waals surface area contributed by atoms with Crippen LogP contribution in [0.4, 0.5) is 5.69 Å². The van der Waals surface area contributed by atoms with Gasteiger partial charge in [0.05, 0.1) is 0 Å². The first-order valence-corrected chi connectivity index (χ1v) is 9.10. The van der Waals surface area contributed by atoms with Crippen LogP contribution in [0.1, 0.15) is 52.2 Å². The zero-order chi connectivity index (χ0) is 19.4. The molecule has 2 aromatic rings. The van der Waals surface area contributed by atoms with E-state index in [9.17, 15) is 9.59 Å². The van der Waals surface area contributed by atoms with Crippen molar-refractivity contribution in [3.05, 3.63) is 62.1 Å². The van der Waals surface area contributed by atoms with Gasteiger partial charge in [0.2, 0.25) is 0 Å². The van der Waals surface area contributed by atoms with Gasteiger partial charge in [-0.05, 0) is 69.0 Å². The Morgan fingerprint density at radius 2 is 1.85 bits per heavy atom. The average Bonchev–Trinajstić information content (AvgIpc) is 2.60. The molecule has 0 unspecified atom stereocenters. The van der Waals surface area contributed by atoms with E-state index in [0.717, 1.165) is 41.0 Å². The number of aromatic nitrogens is 1. The zero-order valence-corrected chi connectivity index (χ0v) is 16.6. The van der Waals surface area contributed by atoms with Gasteiger partial charge in [-0.1, -0.05) is 6.92 Å². The van der Waals surface area contributed by atoms with E-state index in [1.807, 2.05) is 40.0 Å². The average molecular weight is 355 g/mol. The summed E-state index contributed by atoms with van der Waals surface area (Å²) in [5, 5.41) is 2.92. The Morgan fingerprint density at radius 1 is 1.15 bits per heavy atom. The fourth-order valence-corrected chi connectivity index (χ4v) is 3.13. The fourth-order valence-electron chi connectivity index (χ4n) is 3.13. The van der Waals surface area contributed by atoms with Crippen molar-refractivity contribution >= 4 is 11.6 Å². The Bertz CT molecular complexity index is 868. The minimum atomic E-state index is -0.150. The molecule has 5 heteroatoms. The zero-order valence-electron chi connectivity index (χ0n) is 16.6. The number of hydrogen-bond donors (Lipinski definition) is 2. The maximum atomic E-state index is 12.8. The number of aryl methyl sites for hydroxylation is 3. The SMILES string of the molecule is CCc1cc(C(=O)NCc2c(C)cc(C)[nH]c2=O)c(C)c(N(C)CC)c1. The second kappa shape index (κ2) is 8.21. The lowest BCUT2D eigenvalue weighted by Crippen LogP contribution is -2.29. The van der Waals surface area contributed by atoms with Crippen molar-refractivity contribution in [1.29, 1.82) is 0 Å². The molecular formula is C21H29N3O2. The molecule has 2 rings (SSSR count). The van der Waals surface area contributed by atoms with Crippen molar-refractivity contribution in [2.75, 3.05) is 18.5 Å². The Labute approximate surface area is 155 Å². The van der Waals surface area contributed by atoms with Gasteiger partial charge >= 0.3 is 0 Å². The maximum Gasteiger partial charge on any atom is 0.253 e. The number of benzene rings is 1. The summed E-state index contributed by atoms with van der Waals surface area (Å²) in [5.41, 5.74) is 5.98. The predicted molar refractivity (Wildman–Crippen MR) is 107 cm³/mol. The topological polar surface area (TPSA) is 65.2 Å². The number of rotatable bonds is 6. The molecule has 0 bridgehead atoms. The van der Waals surface area contributed by atoms with Gasteiger partial charge in [-0.25, -0.2) is 0 Å². The highest BCUT2D eigenvalue weighted by atomic mass is 16.1. The van der Waals surface area contributed by atoms with E-state index in [1.54, 1.807) is 0 Å². The van der Waals surface area contributed by atoms with Crippen LogP contribution in [-0.4, -0.2) is 24.5 Å². The first-order chi connectivity index (χ1) is 12.3. The van der Waals surface area contributed by atoms with Gasteiger partial charge in [-0.2, -0.15) is 0 Å². The highest BCUT2D eigenvalue weighted by Crippen LogP contribution is 2.25. The summed E-state index contributed by atoms with van der Waals surface area (Å²) < 4.78 is 0. The molecule has 0 saturated heterocycles. The summed E-state index contributed by atoms with van der Waals surface area (Å²) in [6.07, 6.45) is 0.863. The number of amides is 1. The summed E-state index contributed by atoms with van der Waals surface area (Å²) in [5.74, 6) is -0.150. The molecule has 1 amide bonds. The van der Waals surface area contributed by atoms with Crippen LogP contribution in [0.2, 0.25) is 0 Å². The third-order valence-electron chi connectivity index (χ3n) is 4.90. The van der Waals surface area contributed by atoms with Crippen LogP contribution in [0.3, 0.4) is 0 Å². The lowest BCUT2D eigenvalue weighted by atomic mass is 9.99. The predicted octanol–water partition coefficient (Wildman–Crippen LogP) is 3.25. The molecule has 0 radical (unpaired) electrons. The van der Waals surface area contributed by atoms with Crippen LogP contribution < -0.4 is 15.8 Å². The number of aromatic amines is 1. The molecule has 0 spiro atoms. The highest BCUT2D eigenvalue weighted by Gasteiger charge is 2.16. The molecule has 5 nitrogen and oxygen atoms in total. The molecule has 0 fully saturated rings. The molecular weight excluding hydrogens is 326 g/mol. The number of nitrogens with one attached hydrogen (secondary N) is 2. The normalized spacial score (nSPS) is 10.7.